The van der Waals surface area contributed by atoms with Gasteiger partial charge in [0.15, 0.2) is 0 Å². The van der Waals surface area contributed by atoms with Crippen molar-refractivity contribution in [1.29, 1.82) is 0 Å². The molecular weight excluding hydrogens is 116 g/mol. The highest BCUT2D eigenvalue weighted by Crippen LogP contribution is 2.11. The molecule has 0 bridgehead atoms. The van der Waals surface area contributed by atoms with E-state index in [0.29, 0.717) is 12.8 Å². The van der Waals surface area contributed by atoms with Gasteiger partial charge in [0.2, 0.25) is 0 Å². The van der Waals surface area contributed by atoms with Crippen molar-refractivity contribution in [3.63, 3.8) is 0 Å². The van der Waals surface area contributed by atoms with Crippen LogP contribution in [0.5, 0.6) is 0 Å². The van der Waals surface area contributed by atoms with Crippen LogP contribution in [0, 0.1) is 12.3 Å². The smallest absolute Gasteiger partial charge is 0.0750 e. The van der Waals surface area contributed by atoms with Crippen molar-refractivity contribution in [1.82, 2.24) is 0 Å². The Labute approximate surface area is 55.5 Å². The summed E-state index contributed by atoms with van der Waals surface area (Å²) in [4.78, 5) is 0. The Hall–Kier alpha value is -0.520. The fraction of sp³-hybridized carbons (Fsp3) is 0.714. The summed E-state index contributed by atoms with van der Waals surface area (Å²) in [5.74, 6) is 2.33. The van der Waals surface area contributed by atoms with E-state index >= 15 is 0 Å². The molecule has 52 valence electrons. The third-order valence-electron chi connectivity index (χ3n) is 1.13. The zero-order valence-electron chi connectivity index (χ0n) is 5.59. The van der Waals surface area contributed by atoms with Crippen LogP contribution in [0.2, 0.25) is 0 Å². The molecule has 0 saturated carbocycles. The largest absolute Gasteiger partial charge is 0.396 e. The summed E-state index contributed by atoms with van der Waals surface area (Å²) in [6, 6.07) is 0. The van der Waals surface area contributed by atoms with E-state index in [0.717, 1.165) is 0 Å². The van der Waals surface area contributed by atoms with Gasteiger partial charge in [-0.25, -0.2) is 0 Å². The third-order valence-corrected chi connectivity index (χ3v) is 1.13. The lowest BCUT2D eigenvalue weighted by Gasteiger charge is -2.18. The minimum Gasteiger partial charge on any atom is -0.396 e. The molecule has 2 N–H and O–H groups in total. The van der Waals surface area contributed by atoms with Gasteiger partial charge in [0.05, 0.1) is 5.60 Å². The number of hydrogen-bond donors (Lipinski definition) is 2. The highest BCUT2D eigenvalue weighted by atomic mass is 16.3. The Kier molecular flexibility index (Phi) is 3.29. The van der Waals surface area contributed by atoms with Crippen LogP contribution in [-0.4, -0.2) is 22.4 Å². The molecule has 0 amide bonds. The predicted molar refractivity (Wildman–Crippen MR) is 35.8 cm³/mol. The minimum absolute atomic E-state index is 0.0192. The fourth-order valence-electron chi connectivity index (χ4n) is 0.549. The van der Waals surface area contributed by atoms with Gasteiger partial charge in [0.25, 0.3) is 0 Å². The summed E-state index contributed by atoms with van der Waals surface area (Å²) in [6.07, 6.45) is 5.60. The second-order valence-electron chi connectivity index (χ2n) is 2.35. The predicted octanol–water partition coefficient (Wildman–Crippen LogP) is 0.143. The summed E-state index contributed by atoms with van der Waals surface area (Å²) in [5, 5.41) is 17.6. The molecule has 0 heterocycles. The third kappa shape index (κ3) is 4.01. The molecule has 0 fully saturated rings. The Morgan fingerprint density at radius 3 is 2.56 bits per heavy atom. The van der Waals surface area contributed by atoms with E-state index in [4.69, 9.17) is 11.5 Å². The van der Waals surface area contributed by atoms with Crippen LogP contribution in [0.1, 0.15) is 19.8 Å². The van der Waals surface area contributed by atoms with E-state index in [1.54, 1.807) is 6.92 Å². The zero-order valence-corrected chi connectivity index (χ0v) is 5.59. The van der Waals surface area contributed by atoms with Crippen LogP contribution in [0.15, 0.2) is 0 Å². The lowest BCUT2D eigenvalue weighted by molar-refractivity contribution is 0.0383. The van der Waals surface area contributed by atoms with Crippen molar-refractivity contribution in [2.75, 3.05) is 6.61 Å². The molecular formula is C7H12O2. The van der Waals surface area contributed by atoms with E-state index in [-0.39, 0.29) is 6.61 Å². The van der Waals surface area contributed by atoms with Gasteiger partial charge < -0.3 is 10.2 Å². The van der Waals surface area contributed by atoms with Crippen molar-refractivity contribution in [2.24, 2.45) is 0 Å². The lowest BCUT2D eigenvalue weighted by Crippen LogP contribution is -2.24. The molecule has 0 aliphatic carbocycles. The molecule has 9 heavy (non-hydrogen) atoms. The first-order valence-electron chi connectivity index (χ1n) is 2.89. The normalized spacial score (nSPS) is 16.2. The van der Waals surface area contributed by atoms with Crippen molar-refractivity contribution in [3.8, 4) is 12.3 Å². The molecule has 0 radical (unpaired) electrons. The van der Waals surface area contributed by atoms with Crippen molar-refractivity contribution in [3.05, 3.63) is 0 Å². The van der Waals surface area contributed by atoms with Gasteiger partial charge in [0, 0.05) is 13.0 Å². The maximum Gasteiger partial charge on any atom is 0.0750 e. The highest BCUT2D eigenvalue weighted by molar-refractivity contribution is 4.92. The van der Waals surface area contributed by atoms with E-state index in [1.165, 1.54) is 0 Å². The molecule has 1 unspecified atom stereocenters. The SMILES string of the molecule is C#CCC(C)(O)CCO. The summed E-state index contributed by atoms with van der Waals surface area (Å²) in [6.45, 7) is 1.60. The number of aliphatic hydroxyl groups excluding tert-OH is 1. The Morgan fingerprint density at radius 2 is 2.22 bits per heavy atom. The summed E-state index contributed by atoms with van der Waals surface area (Å²) in [5.41, 5.74) is -0.885. The molecule has 0 saturated heterocycles. The Morgan fingerprint density at radius 1 is 1.67 bits per heavy atom. The molecule has 1 atom stereocenters. The second-order valence-corrected chi connectivity index (χ2v) is 2.35. The first-order chi connectivity index (χ1) is 4.12. The van der Waals surface area contributed by atoms with Gasteiger partial charge in [-0.15, -0.1) is 12.3 Å². The summed E-state index contributed by atoms with van der Waals surface area (Å²) >= 11 is 0. The summed E-state index contributed by atoms with van der Waals surface area (Å²) < 4.78 is 0. The molecule has 0 aliphatic rings. The molecule has 0 spiro atoms. The van der Waals surface area contributed by atoms with Gasteiger partial charge in [-0.2, -0.15) is 0 Å². The van der Waals surface area contributed by atoms with Gasteiger partial charge in [-0.1, -0.05) is 0 Å². The van der Waals surface area contributed by atoms with E-state index in [1.807, 2.05) is 0 Å². The molecule has 0 aromatic rings. The van der Waals surface area contributed by atoms with Crippen LogP contribution in [0.3, 0.4) is 0 Å². The van der Waals surface area contributed by atoms with E-state index in [2.05, 4.69) is 5.92 Å². The second kappa shape index (κ2) is 3.49. The summed E-state index contributed by atoms with van der Waals surface area (Å²) in [7, 11) is 0. The number of hydrogen-bond acceptors (Lipinski definition) is 2. The van der Waals surface area contributed by atoms with Crippen molar-refractivity contribution >= 4 is 0 Å². The van der Waals surface area contributed by atoms with Crippen LogP contribution < -0.4 is 0 Å². The number of terminal acetylenes is 1. The van der Waals surface area contributed by atoms with Crippen LogP contribution in [0.25, 0.3) is 0 Å². The molecule has 2 heteroatoms. The fourth-order valence-corrected chi connectivity index (χ4v) is 0.549. The zero-order chi connectivity index (χ0) is 7.33. The number of aliphatic hydroxyl groups is 2. The Balaban J connectivity index is 3.59. The van der Waals surface area contributed by atoms with E-state index < -0.39 is 5.60 Å². The van der Waals surface area contributed by atoms with Crippen LogP contribution >= 0.6 is 0 Å². The topological polar surface area (TPSA) is 40.5 Å². The van der Waals surface area contributed by atoms with Gasteiger partial charge in [-0.3, -0.25) is 0 Å². The van der Waals surface area contributed by atoms with Crippen LogP contribution in [0.4, 0.5) is 0 Å². The molecule has 0 aliphatic heterocycles. The average molecular weight is 128 g/mol. The van der Waals surface area contributed by atoms with E-state index in [9.17, 15) is 5.11 Å². The van der Waals surface area contributed by atoms with Crippen LogP contribution in [-0.2, 0) is 0 Å². The first-order valence-corrected chi connectivity index (χ1v) is 2.89. The maximum absolute atomic E-state index is 9.21. The van der Waals surface area contributed by atoms with Gasteiger partial charge in [0.1, 0.15) is 0 Å². The maximum atomic E-state index is 9.21. The van der Waals surface area contributed by atoms with Crippen molar-refractivity contribution in [2.45, 2.75) is 25.4 Å². The van der Waals surface area contributed by atoms with Gasteiger partial charge in [-0.05, 0) is 13.3 Å². The van der Waals surface area contributed by atoms with Gasteiger partial charge >= 0.3 is 0 Å². The monoisotopic (exact) mass is 128 g/mol. The minimum atomic E-state index is -0.885. The quantitative estimate of drug-likeness (QED) is 0.531. The number of rotatable bonds is 3. The first kappa shape index (κ1) is 8.48. The standard InChI is InChI=1S/C7H12O2/c1-3-4-7(2,9)5-6-8/h1,8-9H,4-6H2,2H3. The molecule has 0 aromatic carbocycles. The average Bonchev–Trinajstić information content (AvgIpc) is 1.64. The molecule has 0 rings (SSSR count). The Bertz CT molecular complexity index is 111. The highest BCUT2D eigenvalue weighted by Gasteiger charge is 2.16. The van der Waals surface area contributed by atoms with Crippen molar-refractivity contribution < 1.29 is 10.2 Å². The molecule has 0 aromatic heterocycles. The lowest BCUT2D eigenvalue weighted by atomic mass is 10.00. The molecule has 2 nitrogen and oxygen atoms in total.